The van der Waals surface area contributed by atoms with Crippen LogP contribution in [0.25, 0.3) is 0 Å². The molecule has 0 bridgehead atoms. The van der Waals surface area contributed by atoms with Crippen LogP contribution in [-0.4, -0.2) is 28.0 Å². The van der Waals surface area contributed by atoms with Crippen LogP contribution in [0.4, 0.5) is 11.4 Å². The van der Waals surface area contributed by atoms with Crippen LogP contribution in [0.1, 0.15) is 5.56 Å². The summed E-state index contributed by atoms with van der Waals surface area (Å²) in [7, 11) is -2.75. The van der Waals surface area contributed by atoms with Gasteiger partial charge in [-0.1, -0.05) is 53.5 Å². The van der Waals surface area contributed by atoms with Crippen molar-refractivity contribution in [1.82, 2.24) is 0 Å². The number of hydrogen-bond acceptors (Lipinski definition) is 4. The Morgan fingerprint density at radius 3 is 2.26 bits per heavy atom. The second kappa shape index (κ2) is 9.60. The Morgan fingerprint density at radius 2 is 1.65 bits per heavy atom. The Bertz CT molecular complexity index is 1180. The normalized spacial score (nSPS) is 11.1. The molecule has 9 heteroatoms. The second-order valence-electron chi connectivity index (χ2n) is 6.65. The third kappa shape index (κ3) is 5.12. The van der Waals surface area contributed by atoms with Gasteiger partial charge in [-0.15, -0.1) is 0 Å². The lowest BCUT2D eigenvalue weighted by atomic mass is 10.2. The largest absolute Gasteiger partial charge is 0.495 e. The summed E-state index contributed by atoms with van der Waals surface area (Å²) in [4.78, 5) is 12.8. The van der Waals surface area contributed by atoms with E-state index >= 15 is 0 Å². The molecule has 6 nitrogen and oxygen atoms in total. The lowest BCUT2D eigenvalue weighted by Crippen LogP contribution is -2.38. The molecule has 0 spiro atoms. The van der Waals surface area contributed by atoms with Crippen LogP contribution >= 0.6 is 23.2 Å². The van der Waals surface area contributed by atoms with Crippen molar-refractivity contribution in [3.8, 4) is 5.75 Å². The summed E-state index contributed by atoms with van der Waals surface area (Å²) in [6.45, 7) is 1.28. The number of sulfonamides is 1. The maximum absolute atomic E-state index is 13.6. The SMILES string of the molecule is COc1ccc(C)cc1S(=O)(=O)N(CC(=O)Nc1c(Cl)cccc1Cl)c1ccccc1. The lowest BCUT2D eigenvalue weighted by molar-refractivity contribution is -0.114. The number of carbonyl (C=O) groups is 1. The van der Waals surface area contributed by atoms with E-state index < -0.39 is 22.5 Å². The summed E-state index contributed by atoms with van der Waals surface area (Å²) in [5.74, 6) is -0.421. The Kier molecular flexibility index (Phi) is 7.10. The van der Waals surface area contributed by atoms with Crippen molar-refractivity contribution in [3.05, 3.63) is 82.3 Å². The standard InChI is InChI=1S/C22H20Cl2N2O4S/c1-15-11-12-19(30-2)20(13-15)31(28,29)26(16-7-4-3-5-8-16)14-21(27)25-22-17(23)9-6-10-18(22)24/h3-13H,14H2,1-2H3,(H,25,27). The molecule has 0 atom stereocenters. The number of ether oxygens (including phenoxy) is 1. The third-order valence-electron chi connectivity index (χ3n) is 4.45. The van der Waals surface area contributed by atoms with Gasteiger partial charge in [-0.2, -0.15) is 0 Å². The zero-order valence-electron chi connectivity index (χ0n) is 16.8. The summed E-state index contributed by atoms with van der Waals surface area (Å²) >= 11 is 12.2. The first-order chi connectivity index (χ1) is 14.7. The maximum Gasteiger partial charge on any atom is 0.268 e. The number of nitrogens with one attached hydrogen (secondary N) is 1. The van der Waals surface area contributed by atoms with Gasteiger partial charge in [0, 0.05) is 0 Å². The van der Waals surface area contributed by atoms with Crippen LogP contribution in [0.3, 0.4) is 0 Å². The average Bonchev–Trinajstić information content (AvgIpc) is 2.75. The van der Waals surface area contributed by atoms with Gasteiger partial charge in [0.05, 0.1) is 28.5 Å². The number of nitrogens with zero attached hydrogens (tertiary/aromatic N) is 1. The first-order valence-electron chi connectivity index (χ1n) is 9.20. The minimum atomic E-state index is -4.15. The summed E-state index contributed by atoms with van der Waals surface area (Å²) in [5.41, 5.74) is 1.28. The molecular weight excluding hydrogens is 459 g/mol. The Balaban J connectivity index is 2.02. The summed E-state index contributed by atoms with van der Waals surface area (Å²) in [5, 5.41) is 3.09. The smallest absolute Gasteiger partial charge is 0.268 e. The fourth-order valence-electron chi connectivity index (χ4n) is 2.94. The first-order valence-corrected chi connectivity index (χ1v) is 11.4. The van der Waals surface area contributed by atoms with Crippen LogP contribution in [-0.2, 0) is 14.8 Å². The molecule has 3 rings (SSSR count). The Labute approximate surface area is 191 Å². The van der Waals surface area contributed by atoms with Crippen LogP contribution in [0.5, 0.6) is 5.75 Å². The van der Waals surface area contributed by atoms with Crippen molar-refractivity contribution in [1.29, 1.82) is 0 Å². The molecule has 3 aromatic rings. The molecule has 0 saturated heterocycles. The average molecular weight is 479 g/mol. The summed E-state index contributed by atoms with van der Waals surface area (Å²) < 4.78 is 33.5. The molecule has 162 valence electrons. The number of aryl methyl sites for hydroxylation is 1. The molecule has 0 saturated carbocycles. The molecule has 0 aliphatic heterocycles. The van der Waals surface area contributed by atoms with Gasteiger partial charge in [-0.25, -0.2) is 8.42 Å². The molecule has 0 radical (unpaired) electrons. The van der Waals surface area contributed by atoms with Crippen molar-refractivity contribution in [2.75, 3.05) is 23.3 Å². The number of hydrogen-bond donors (Lipinski definition) is 1. The zero-order chi connectivity index (χ0) is 22.6. The Morgan fingerprint density at radius 1 is 1.00 bits per heavy atom. The third-order valence-corrected chi connectivity index (χ3v) is 6.87. The van der Waals surface area contributed by atoms with Crippen molar-refractivity contribution in [2.45, 2.75) is 11.8 Å². The van der Waals surface area contributed by atoms with Crippen molar-refractivity contribution < 1.29 is 17.9 Å². The topological polar surface area (TPSA) is 75.7 Å². The Hall–Kier alpha value is -2.74. The molecule has 0 aliphatic rings. The van der Waals surface area contributed by atoms with Crippen molar-refractivity contribution in [2.24, 2.45) is 0 Å². The number of rotatable bonds is 7. The molecule has 3 aromatic carbocycles. The van der Waals surface area contributed by atoms with Gasteiger partial charge in [0.2, 0.25) is 5.91 Å². The monoisotopic (exact) mass is 478 g/mol. The van der Waals surface area contributed by atoms with Crippen LogP contribution in [0.2, 0.25) is 10.0 Å². The molecule has 0 heterocycles. The number of methoxy groups -OCH3 is 1. The van der Waals surface area contributed by atoms with E-state index in [1.165, 1.54) is 13.2 Å². The van der Waals surface area contributed by atoms with Crippen LogP contribution in [0, 0.1) is 6.92 Å². The van der Waals surface area contributed by atoms with E-state index in [0.717, 1.165) is 9.87 Å². The maximum atomic E-state index is 13.6. The van der Waals surface area contributed by atoms with Gasteiger partial charge in [0.1, 0.15) is 17.2 Å². The molecule has 31 heavy (non-hydrogen) atoms. The predicted molar refractivity (Wildman–Crippen MR) is 124 cm³/mol. The van der Waals surface area contributed by atoms with Gasteiger partial charge in [0.25, 0.3) is 10.0 Å². The molecule has 0 fully saturated rings. The van der Waals surface area contributed by atoms with Crippen LogP contribution in [0.15, 0.2) is 71.6 Å². The number of anilines is 2. The van der Waals surface area contributed by atoms with E-state index in [2.05, 4.69) is 5.32 Å². The summed E-state index contributed by atoms with van der Waals surface area (Å²) in [6.07, 6.45) is 0. The van der Waals surface area contributed by atoms with Gasteiger partial charge in [-0.05, 0) is 48.9 Å². The van der Waals surface area contributed by atoms with Gasteiger partial charge in [0.15, 0.2) is 0 Å². The quantitative estimate of drug-likeness (QED) is 0.509. The first kappa shape index (κ1) is 22.9. The lowest BCUT2D eigenvalue weighted by Gasteiger charge is -2.25. The van der Waals surface area contributed by atoms with Crippen molar-refractivity contribution in [3.63, 3.8) is 0 Å². The molecule has 0 aromatic heterocycles. The molecular formula is C22H20Cl2N2O4S. The number of halogens is 2. The predicted octanol–water partition coefficient (Wildman–Crippen LogP) is 5.14. The number of benzene rings is 3. The highest BCUT2D eigenvalue weighted by molar-refractivity contribution is 7.93. The van der Waals surface area contributed by atoms with E-state index in [1.54, 1.807) is 67.6 Å². The molecule has 1 amide bonds. The van der Waals surface area contributed by atoms with Gasteiger partial charge >= 0.3 is 0 Å². The minimum absolute atomic E-state index is 0.0394. The highest BCUT2D eigenvalue weighted by Gasteiger charge is 2.30. The minimum Gasteiger partial charge on any atom is -0.495 e. The zero-order valence-corrected chi connectivity index (χ0v) is 19.1. The van der Waals surface area contributed by atoms with E-state index in [4.69, 9.17) is 27.9 Å². The molecule has 0 aliphatic carbocycles. The van der Waals surface area contributed by atoms with Gasteiger partial charge < -0.3 is 10.1 Å². The van der Waals surface area contributed by atoms with Crippen molar-refractivity contribution >= 4 is 50.5 Å². The number of amides is 1. The second-order valence-corrected chi connectivity index (χ2v) is 9.29. The van der Waals surface area contributed by atoms with Crippen LogP contribution < -0.4 is 14.4 Å². The number of para-hydroxylation sites is 2. The van der Waals surface area contributed by atoms with E-state index in [-0.39, 0.29) is 26.4 Å². The number of carbonyl (C=O) groups excluding carboxylic acids is 1. The van der Waals surface area contributed by atoms with E-state index in [1.807, 2.05) is 0 Å². The van der Waals surface area contributed by atoms with Gasteiger partial charge in [-0.3, -0.25) is 9.10 Å². The highest BCUT2D eigenvalue weighted by Crippen LogP contribution is 2.32. The summed E-state index contributed by atoms with van der Waals surface area (Å²) in [6, 6.07) is 18.0. The highest BCUT2D eigenvalue weighted by atomic mass is 35.5. The fourth-order valence-corrected chi connectivity index (χ4v) is 5.10. The van der Waals surface area contributed by atoms with E-state index in [9.17, 15) is 13.2 Å². The molecule has 0 unspecified atom stereocenters. The molecule has 1 N–H and O–H groups in total. The fraction of sp³-hybridized carbons (Fsp3) is 0.136. The van der Waals surface area contributed by atoms with E-state index in [0.29, 0.717) is 5.69 Å².